The number of benzene rings is 2. The Balaban J connectivity index is 1.06. The molecule has 3 heterocycles. The second kappa shape index (κ2) is 13.2. The summed E-state index contributed by atoms with van der Waals surface area (Å²) in [5, 5.41) is 3.95. The molecule has 0 unspecified atom stereocenters. The van der Waals surface area contributed by atoms with Crippen LogP contribution in [-0.4, -0.2) is 119 Å². The number of thiazole rings is 1. The summed E-state index contributed by atoms with van der Waals surface area (Å²) in [4.78, 5) is 35.6. The molecule has 42 heavy (non-hydrogen) atoms. The summed E-state index contributed by atoms with van der Waals surface area (Å²) >= 11 is 1.67. The van der Waals surface area contributed by atoms with E-state index in [1.807, 2.05) is 18.2 Å². The van der Waals surface area contributed by atoms with Gasteiger partial charge in [0, 0.05) is 71.0 Å². The molecule has 2 fully saturated rings. The number of ether oxygens (including phenoxy) is 2. The van der Waals surface area contributed by atoms with Crippen LogP contribution in [0, 0.1) is 0 Å². The molecule has 0 atom stereocenters. The Morgan fingerprint density at radius 1 is 0.976 bits per heavy atom. The molecule has 226 valence electrons. The van der Waals surface area contributed by atoms with Crippen molar-refractivity contribution in [3.05, 3.63) is 48.0 Å². The number of hydrogen-bond donors (Lipinski definition) is 1. The van der Waals surface area contributed by atoms with Gasteiger partial charge in [0.05, 0.1) is 28.8 Å². The molecule has 12 nitrogen and oxygen atoms in total. The van der Waals surface area contributed by atoms with E-state index in [4.69, 9.17) is 14.5 Å². The van der Waals surface area contributed by atoms with Gasteiger partial charge in [0.2, 0.25) is 10.0 Å². The van der Waals surface area contributed by atoms with Gasteiger partial charge in [-0.1, -0.05) is 11.3 Å². The molecule has 2 aromatic carbocycles. The van der Waals surface area contributed by atoms with Gasteiger partial charge in [-0.25, -0.2) is 18.2 Å². The molecule has 2 amide bonds. The summed E-state index contributed by atoms with van der Waals surface area (Å²) in [6.07, 6.45) is -0.432. The first-order valence-corrected chi connectivity index (χ1v) is 16.3. The third-order valence-corrected chi connectivity index (χ3v) is 10.5. The monoisotopic (exact) mass is 616 g/mol. The third-order valence-electron chi connectivity index (χ3n) is 7.46. The highest BCUT2D eigenvalue weighted by molar-refractivity contribution is 7.89. The van der Waals surface area contributed by atoms with Crippen LogP contribution in [0.15, 0.2) is 47.4 Å². The maximum atomic E-state index is 13.1. The number of fused-ring (bicyclic) bond motifs is 1. The van der Waals surface area contributed by atoms with Gasteiger partial charge in [0.15, 0.2) is 5.13 Å². The Hall–Kier alpha value is -3.46. The fourth-order valence-corrected chi connectivity index (χ4v) is 7.47. The minimum Gasteiger partial charge on any atom is -0.497 e. The van der Waals surface area contributed by atoms with E-state index in [-0.39, 0.29) is 43.6 Å². The molecule has 2 aliphatic heterocycles. The van der Waals surface area contributed by atoms with Gasteiger partial charge in [-0.2, -0.15) is 4.31 Å². The minimum atomic E-state index is -3.73. The lowest BCUT2D eigenvalue weighted by Crippen LogP contribution is -2.50. The number of nitrogens with zero attached hydrogens (tertiary/aromatic N) is 5. The van der Waals surface area contributed by atoms with E-state index in [0.717, 1.165) is 53.8 Å². The van der Waals surface area contributed by atoms with Crippen molar-refractivity contribution < 1.29 is 27.5 Å². The molecule has 1 N–H and O–H groups in total. The lowest BCUT2D eigenvalue weighted by molar-refractivity contribution is 0.0932. The SMILES string of the molecule is CCOC(=O)N1CCN(S(=O)(=O)c2ccc(C(=O)NCCN3CCN(c4nc5ccc(OC)cc5s4)CC3)cc2)CC1. The van der Waals surface area contributed by atoms with Crippen molar-refractivity contribution >= 4 is 48.7 Å². The summed E-state index contributed by atoms with van der Waals surface area (Å²) < 4.78 is 38.9. The van der Waals surface area contributed by atoms with Crippen LogP contribution < -0.4 is 15.0 Å². The Labute approximate surface area is 249 Å². The van der Waals surface area contributed by atoms with Crippen molar-refractivity contribution in [1.29, 1.82) is 0 Å². The molecular formula is C28H36N6O6S2. The van der Waals surface area contributed by atoms with E-state index in [9.17, 15) is 18.0 Å². The molecule has 14 heteroatoms. The number of aromatic nitrogens is 1. The van der Waals surface area contributed by atoms with Gasteiger partial charge in [-0.15, -0.1) is 0 Å². The second-order valence-corrected chi connectivity index (χ2v) is 13.0. The quantitative estimate of drug-likeness (QED) is 0.386. The highest BCUT2D eigenvalue weighted by Crippen LogP contribution is 2.31. The lowest BCUT2D eigenvalue weighted by atomic mass is 10.2. The van der Waals surface area contributed by atoms with Gasteiger partial charge in [-0.05, 0) is 49.4 Å². The smallest absolute Gasteiger partial charge is 0.409 e. The predicted octanol–water partition coefficient (Wildman–Crippen LogP) is 2.32. The summed E-state index contributed by atoms with van der Waals surface area (Å²) in [6.45, 7) is 7.59. The molecule has 0 aliphatic carbocycles. The Bertz CT molecular complexity index is 1500. The Morgan fingerprint density at radius 2 is 1.69 bits per heavy atom. The Morgan fingerprint density at radius 3 is 2.36 bits per heavy atom. The van der Waals surface area contributed by atoms with Crippen LogP contribution in [0.1, 0.15) is 17.3 Å². The van der Waals surface area contributed by atoms with Crippen molar-refractivity contribution in [2.75, 3.05) is 84.1 Å². The maximum Gasteiger partial charge on any atom is 0.409 e. The molecule has 3 aromatic rings. The van der Waals surface area contributed by atoms with Crippen molar-refractivity contribution in [3.8, 4) is 5.75 Å². The fourth-order valence-electron chi connectivity index (χ4n) is 5.00. The number of piperazine rings is 2. The van der Waals surface area contributed by atoms with Gasteiger partial charge >= 0.3 is 6.09 Å². The van der Waals surface area contributed by atoms with Crippen LogP contribution in [0.2, 0.25) is 0 Å². The predicted molar refractivity (Wildman–Crippen MR) is 161 cm³/mol. The van der Waals surface area contributed by atoms with E-state index in [0.29, 0.717) is 12.1 Å². The average molecular weight is 617 g/mol. The van der Waals surface area contributed by atoms with Gasteiger partial charge in [0.25, 0.3) is 5.91 Å². The van der Waals surface area contributed by atoms with Crippen molar-refractivity contribution in [2.45, 2.75) is 11.8 Å². The summed E-state index contributed by atoms with van der Waals surface area (Å²) in [6, 6.07) is 11.9. The summed E-state index contributed by atoms with van der Waals surface area (Å²) in [5.41, 5.74) is 1.37. The molecule has 1 aromatic heterocycles. The lowest BCUT2D eigenvalue weighted by Gasteiger charge is -2.34. The molecule has 2 saturated heterocycles. The number of nitrogens with one attached hydrogen (secondary N) is 1. The first-order chi connectivity index (χ1) is 20.3. The molecule has 0 saturated carbocycles. The van der Waals surface area contributed by atoms with Crippen molar-refractivity contribution in [2.24, 2.45) is 0 Å². The van der Waals surface area contributed by atoms with Crippen LogP contribution in [0.5, 0.6) is 5.75 Å². The molecule has 0 radical (unpaired) electrons. The topological polar surface area (TPSA) is 125 Å². The average Bonchev–Trinajstić information content (AvgIpc) is 3.45. The zero-order valence-corrected chi connectivity index (χ0v) is 25.5. The summed E-state index contributed by atoms with van der Waals surface area (Å²) in [7, 11) is -2.07. The highest BCUT2D eigenvalue weighted by Gasteiger charge is 2.30. The van der Waals surface area contributed by atoms with E-state index < -0.39 is 16.1 Å². The molecule has 2 aliphatic rings. The van der Waals surface area contributed by atoms with Crippen molar-refractivity contribution in [1.82, 2.24) is 24.4 Å². The number of anilines is 1. The van der Waals surface area contributed by atoms with Crippen LogP contribution in [-0.2, 0) is 14.8 Å². The maximum absolute atomic E-state index is 13.1. The first-order valence-electron chi connectivity index (χ1n) is 14.0. The molecule has 5 rings (SSSR count). The van der Waals surface area contributed by atoms with E-state index >= 15 is 0 Å². The number of hydrogen-bond acceptors (Lipinski definition) is 10. The minimum absolute atomic E-state index is 0.119. The number of sulfonamides is 1. The number of methoxy groups -OCH3 is 1. The number of amides is 2. The highest BCUT2D eigenvalue weighted by atomic mass is 32.2. The number of carbonyl (C=O) groups is 2. The Kier molecular flexibility index (Phi) is 9.46. The first kappa shape index (κ1) is 30.0. The van der Waals surface area contributed by atoms with Crippen LogP contribution >= 0.6 is 11.3 Å². The largest absolute Gasteiger partial charge is 0.497 e. The van der Waals surface area contributed by atoms with E-state index in [2.05, 4.69) is 15.1 Å². The van der Waals surface area contributed by atoms with Crippen LogP contribution in [0.3, 0.4) is 0 Å². The normalized spacial score (nSPS) is 16.9. The van der Waals surface area contributed by atoms with Gasteiger partial charge in [-0.3, -0.25) is 9.69 Å². The molecule has 0 spiro atoms. The van der Waals surface area contributed by atoms with Gasteiger partial charge in [0.1, 0.15) is 5.75 Å². The fraction of sp³-hybridized carbons (Fsp3) is 0.464. The third kappa shape index (κ3) is 6.77. The number of rotatable bonds is 9. The molecular weight excluding hydrogens is 580 g/mol. The van der Waals surface area contributed by atoms with Crippen molar-refractivity contribution in [3.63, 3.8) is 0 Å². The van der Waals surface area contributed by atoms with Crippen LogP contribution in [0.4, 0.5) is 9.93 Å². The second-order valence-electron chi connectivity index (χ2n) is 10.0. The van der Waals surface area contributed by atoms with E-state index in [1.165, 1.54) is 33.5 Å². The van der Waals surface area contributed by atoms with Crippen LogP contribution in [0.25, 0.3) is 10.2 Å². The van der Waals surface area contributed by atoms with E-state index in [1.54, 1.807) is 25.4 Å². The standard InChI is InChI=1S/C28H36N6O6S2/c1-3-40-28(36)33-16-18-34(19-17-33)42(37,38)23-7-4-21(5-8-23)26(35)29-10-11-31-12-14-32(15-13-31)27-30-24-9-6-22(39-2)20-25(24)41-27/h4-9,20H,3,10-19H2,1-2H3,(H,29,35). The zero-order chi connectivity index (χ0) is 29.7. The summed E-state index contributed by atoms with van der Waals surface area (Å²) in [5.74, 6) is 0.582. The van der Waals surface area contributed by atoms with Gasteiger partial charge < -0.3 is 24.6 Å². The zero-order valence-electron chi connectivity index (χ0n) is 23.8. The number of carbonyl (C=O) groups excluding carboxylic acids is 2. The molecule has 0 bridgehead atoms.